The lowest BCUT2D eigenvalue weighted by Gasteiger charge is -2.18. The monoisotopic (exact) mass is 339 g/mol. The van der Waals surface area contributed by atoms with Crippen molar-refractivity contribution in [2.75, 3.05) is 19.0 Å². The molecule has 0 aliphatic carbocycles. The van der Waals surface area contributed by atoms with E-state index in [4.69, 9.17) is 4.42 Å². The molecule has 0 bridgehead atoms. The number of rotatable bonds is 5. The molecular formula is C18H17N3O4. The van der Waals surface area contributed by atoms with Gasteiger partial charge in [-0.15, -0.1) is 0 Å². The summed E-state index contributed by atoms with van der Waals surface area (Å²) in [7, 11) is 3.23. The Labute approximate surface area is 144 Å². The van der Waals surface area contributed by atoms with Crippen LogP contribution in [0.25, 0.3) is 11.0 Å². The van der Waals surface area contributed by atoms with Crippen LogP contribution in [0, 0.1) is 10.1 Å². The number of amides is 1. The predicted octanol–water partition coefficient (Wildman–Crippen LogP) is 3.34. The summed E-state index contributed by atoms with van der Waals surface area (Å²) in [6, 6.07) is 14.0. The van der Waals surface area contributed by atoms with E-state index in [0.29, 0.717) is 18.0 Å². The molecular weight excluding hydrogens is 322 g/mol. The molecule has 7 heteroatoms. The number of hydrogen-bond donors (Lipinski definition) is 1. The summed E-state index contributed by atoms with van der Waals surface area (Å²) in [6.07, 6.45) is 0. The highest BCUT2D eigenvalue weighted by Gasteiger charge is 2.20. The minimum Gasteiger partial charge on any atom is -0.459 e. The third-order valence-corrected chi connectivity index (χ3v) is 3.94. The highest BCUT2D eigenvalue weighted by molar-refractivity contribution is 5.95. The number of nitrogens with zero attached hydrogens (tertiary/aromatic N) is 2. The number of carbonyl (C=O) groups excluding carboxylic acids is 1. The van der Waals surface area contributed by atoms with Crippen molar-refractivity contribution in [1.82, 2.24) is 5.32 Å². The lowest BCUT2D eigenvalue weighted by atomic mass is 10.1. The largest absolute Gasteiger partial charge is 0.459 e. The quantitative estimate of drug-likeness (QED) is 0.569. The van der Waals surface area contributed by atoms with Gasteiger partial charge < -0.3 is 14.6 Å². The zero-order chi connectivity index (χ0) is 18.0. The van der Waals surface area contributed by atoms with E-state index in [0.717, 1.165) is 11.0 Å². The summed E-state index contributed by atoms with van der Waals surface area (Å²) in [4.78, 5) is 24.3. The van der Waals surface area contributed by atoms with Crippen LogP contribution in [0.4, 0.5) is 11.4 Å². The van der Waals surface area contributed by atoms with E-state index >= 15 is 0 Å². The van der Waals surface area contributed by atoms with E-state index in [1.807, 2.05) is 30.3 Å². The second-order valence-electron chi connectivity index (χ2n) is 5.65. The van der Waals surface area contributed by atoms with Crippen molar-refractivity contribution in [1.29, 1.82) is 0 Å². The van der Waals surface area contributed by atoms with Gasteiger partial charge >= 0.3 is 0 Å². The van der Waals surface area contributed by atoms with Crippen LogP contribution in [0.15, 0.2) is 52.9 Å². The van der Waals surface area contributed by atoms with Gasteiger partial charge in [-0.05, 0) is 24.3 Å². The van der Waals surface area contributed by atoms with Crippen LogP contribution in [-0.2, 0) is 6.54 Å². The van der Waals surface area contributed by atoms with Crippen molar-refractivity contribution in [2.45, 2.75) is 6.54 Å². The molecule has 3 rings (SSSR count). The average molecular weight is 339 g/mol. The molecule has 1 amide bonds. The molecule has 0 atom stereocenters. The van der Waals surface area contributed by atoms with Gasteiger partial charge in [-0.1, -0.05) is 18.2 Å². The Kier molecular flexibility index (Phi) is 4.38. The van der Waals surface area contributed by atoms with E-state index in [1.54, 1.807) is 24.1 Å². The first-order chi connectivity index (χ1) is 12.0. The fourth-order valence-electron chi connectivity index (χ4n) is 2.71. The maximum Gasteiger partial charge on any atom is 0.293 e. The van der Waals surface area contributed by atoms with E-state index in [2.05, 4.69) is 5.32 Å². The van der Waals surface area contributed by atoms with Gasteiger partial charge in [0.15, 0.2) is 0 Å². The topological polar surface area (TPSA) is 88.6 Å². The van der Waals surface area contributed by atoms with Crippen LogP contribution < -0.4 is 10.2 Å². The molecule has 0 aliphatic heterocycles. The first kappa shape index (κ1) is 16.5. The third-order valence-electron chi connectivity index (χ3n) is 3.94. The van der Waals surface area contributed by atoms with Crippen LogP contribution in [0.3, 0.4) is 0 Å². The molecule has 0 fully saturated rings. The summed E-state index contributed by atoms with van der Waals surface area (Å²) < 4.78 is 5.76. The summed E-state index contributed by atoms with van der Waals surface area (Å²) >= 11 is 0. The van der Waals surface area contributed by atoms with Crippen molar-refractivity contribution in [3.8, 4) is 0 Å². The smallest absolute Gasteiger partial charge is 0.293 e. The van der Waals surface area contributed by atoms with Crippen molar-refractivity contribution in [2.24, 2.45) is 0 Å². The standard InChI is InChI=1S/C18H17N3O4/c1-19-18(22)13-7-8-15(16(10-13)21(23)24)20(2)11-14-9-12-5-3-4-6-17(12)25-14/h3-10H,11H2,1-2H3,(H,19,22). The molecule has 25 heavy (non-hydrogen) atoms. The lowest BCUT2D eigenvalue weighted by molar-refractivity contribution is -0.384. The van der Waals surface area contributed by atoms with E-state index in [1.165, 1.54) is 13.1 Å². The maximum absolute atomic E-state index is 11.7. The van der Waals surface area contributed by atoms with Crippen molar-refractivity contribution in [3.63, 3.8) is 0 Å². The third kappa shape index (κ3) is 3.30. The minimum atomic E-state index is -0.489. The molecule has 0 saturated carbocycles. The number of furan rings is 1. The number of fused-ring (bicyclic) bond motifs is 1. The number of nitrogens with one attached hydrogen (secondary N) is 1. The first-order valence-corrected chi connectivity index (χ1v) is 7.68. The highest BCUT2D eigenvalue weighted by atomic mass is 16.6. The fourth-order valence-corrected chi connectivity index (χ4v) is 2.71. The fraction of sp³-hybridized carbons (Fsp3) is 0.167. The molecule has 0 aliphatic rings. The van der Waals surface area contributed by atoms with Gasteiger partial charge in [0.2, 0.25) is 0 Å². The van der Waals surface area contributed by atoms with E-state index < -0.39 is 4.92 Å². The molecule has 2 aromatic carbocycles. The number of hydrogen-bond acceptors (Lipinski definition) is 5. The van der Waals surface area contributed by atoms with Crippen LogP contribution >= 0.6 is 0 Å². The SMILES string of the molecule is CNC(=O)c1ccc(N(C)Cc2cc3ccccc3o2)c([N+](=O)[O-])c1. The molecule has 1 heterocycles. The second kappa shape index (κ2) is 6.64. The predicted molar refractivity (Wildman–Crippen MR) is 94.8 cm³/mol. The van der Waals surface area contributed by atoms with Crippen molar-refractivity contribution in [3.05, 3.63) is 70.0 Å². The number of benzene rings is 2. The Morgan fingerprint density at radius 2 is 2.00 bits per heavy atom. The number of nitro benzene ring substituents is 1. The summed E-state index contributed by atoms with van der Waals surface area (Å²) in [5.74, 6) is 0.336. The van der Waals surface area contributed by atoms with E-state index in [9.17, 15) is 14.9 Å². The molecule has 0 spiro atoms. The van der Waals surface area contributed by atoms with Gasteiger partial charge in [-0.3, -0.25) is 14.9 Å². The Morgan fingerprint density at radius 1 is 1.24 bits per heavy atom. The molecule has 1 aromatic heterocycles. The highest BCUT2D eigenvalue weighted by Crippen LogP contribution is 2.30. The lowest BCUT2D eigenvalue weighted by Crippen LogP contribution is -2.20. The number of carbonyl (C=O) groups is 1. The first-order valence-electron chi connectivity index (χ1n) is 7.68. The average Bonchev–Trinajstić information content (AvgIpc) is 3.02. The molecule has 3 aromatic rings. The van der Waals surface area contributed by atoms with Crippen molar-refractivity contribution >= 4 is 28.3 Å². The molecule has 7 nitrogen and oxygen atoms in total. The van der Waals surface area contributed by atoms with Crippen LogP contribution in [-0.4, -0.2) is 24.9 Å². The Balaban J connectivity index is 1.91. The van der Waals surface area contributed by atoms with Gasteiger partial charge in [0, 0.05) is 31.1 Å². The number of nitro groups is 1. The Bertz CT molecular complexity index is 915. The van der Waals surface area contributed by atoms with Gasteiger partial charge in [0.05, 0.1) is 11.5 Å². The second-order valence-corrected chi connectivity index (χ2v) is 5.65. The van der Waals surface area contributed by atoms with Crippen LogP contribution in [0.5, 0.6) is 0 Å². The molecule has 128 valence electrons. The zero-order valence-corrected chi connectivity index (χ0v) is 13.9. The molecule has 0 radical (unpaired) electrons. The van der Waals surface area contributed by atoms with Crippen molar-refractivity contribution < 1.29 is 14.1 Å². The zero-order valence-electron chi connectivity index (χ0n) is 13.9. The van der Waals surface area contributed by atoms with Gasteiger partial charge in [-0.25, -0.2) is 0 Å². The molecule has 0 saturated heterocycles. The molecule has 0 unspecified atom stereocenters. The van der Waals surface area contributed by atoms with Crippen LogP contribution in [0.1, 0.15) is 16.1 Å². The molecule has 1 N–H and O–H groups in total. The number of para-hydroxylation sites is 1. The normalized spacial score (nSPS) is 10.6. The summed E-state index contributed by atoms with van der Waals surface area (Å²) in [5, 5.41) is 14.8. The Hall–Kier alpha value is -3.35. The maximum atomic E-state index is 11.7. The summed E-state index contributed by atoms with van der Waals surface area (Å²) in [5.41, 5.74) is 1.31. The van der Waals surface area contributed by atoms with Gasteiger partial charge in [0.1, 0.15) is 17.0 Å². The summed E-state index contributed by atoms with van der Waals surface area (Å²) in [6.45, 7) is 0.370. The van der Waals surface area contributed by atoms with Crippen LogP contribution in [0.2, 0.25) is 0 Å². The Morgan fingerprint density at radius 3 is 2.68 bits per heavy atom. The number of anilines is 1. The van der Waals surface area contributed by atoms with Gasteiger partial charge in [-0.2, -0.15) is 0 Å². The minimum absolute atomic E-state index is 0.125. The van der Waals surface area contributed by atoms with Gasteiger partial charge in [0.25, 0.3) is 11.6 Å². The van der Waals surface area contributed by atoms with E-state index in [-0.39, 0.29) is 17.2 Å².